The van der Waals surface area contributed by atoms with E-state index in [1.165, 1.54) is 66.1 Å². The molecule has 0 saturated carbocycles. The highest BCUT2D eigenvalue weighted by Crippen LogP contribution is 2.53. The van der Waals surface area contributed by atoms with Crippen LogP contribution in [0.15, 0.2) is 182 Å². The summed E-state index contributed by atoms with van der Waals surface area (Å²) >= 11 is 0. The molecule has 2 heteroatoms. The molecule has 0 unspecified atom stereocenters. The average molecular weight is 677 g/mol. The molecule has 53 heavy (non-hydrogen) atoms. The molecule has 0 amide bonds. The zero-order valence-corrected chi connectivity index (χ0v) is 29.7. The number of hydrogen-bond donors (Lipinski definition) is 0. The Morgan fingerprint density at radius 3 is 1.66 bits per heavy atom. The molecule has 1 aliphatic carbocycles. The van der Waals surface area contributed by atoms with Crippen molar-refractivity contribution >= 4 is 21.5 Å². The van der Waals surface area contributed by atoms with Crippen LogP contribution in [0.1, 0.15) is 25.0 Å². The highest BCUT2D eigenvalue weighted by molar-refractivity contribution is 6.01. The maximum absolute atomic E-state index is 5.11. The Hall–Kier alpha value is -6.64. The minimum absolute atomic E-state index is 0.0707. The fourth-order valence-electron chi connectivity index (χ4n) is 8.29. The zero-order valence-electron chi connectivity index (χ0n) is 29.7. The molecule has 1 heterocycles. The zero-order chi connectivity index (χ0) is 35.5. The van der Waals surface area contributed by atoms with E-state index in [9.17, 15) is 0 Å². The topological polar surface area (TPSA) is 25.8 Å². The summed E-state index contributed by atoms with van der Waals surface area (Å²) in [5, 5.41) is 4.97. The molecule has 0 atom stereocenters. The van der Waals surface area contributed by atoms with Crippen LogP contribution in [0, 0.1) is 0 Å². The number of benzene rings is 8. The second-order valence-corrected chi connectivity index (χ2v) is 14.6. The molecule has 9 aromatic rings. The Morgan fingerprint density at radius 1 is 0.358 bits per heavy atom. The Labute approximate surface area is 310 Å². The minimum atomic E-state index is -0.0707. The van der Waals surface area contributed by atoms with Gasteiger partial charge in [0.25, 0.3) is 0 Å². The van der Waals surface area contributed by atoms with Gasteiger partial charge in [0.05, 0.1) is 11.4 Å². The first-order valence-corrected chi connectivity index (χ1v) is 18.3. The molecular weight excluding hydrogens is 641 g/mol. The van der Waals surface area contributed by atoms with Crippen molar-refractivity contribution in [2.24, 2.45) is 0 Å². The van der Waals surface area contributed by atoms with E-state index in [2.05, 4.69) is 172 Å². The van der Waals surface area contributed by atoms with Gasteiger partial charge in [-0.15, -0.1) is 0 Å². The Morgan fingerprint density at radius 2 is 0.925 bits per heavy atom. The molecule has 0 radical (unpaired) electrons. The first kappa shape index (κ1) is 31.1. The predicted octanol–water partition coefficient (Wildman–Crippen LogP) is 13.4. The van der Waals surface area contributed by atoms with Crippen molar-refractivity contribution in [2.45, 2.75) is 19.3 Å². The van der Waals surface area contributed by atoms with Gasteiger partial charge in [-0.2, -0.15) is 0 Å². The number of fused-ring (bicyclic) bond motifs is 5. The third-order valence-corrected chi connectivity index (χ3v) is 11.1. The van der Waals surface area contributed by atoms with Crippen molar-refractivity contribution in [3.8, 4) is 67.3 Å². The van der Waals surface area contributed by atoms with Gasteiger partial charge in [0.15, 0.2) is 5.82 Å². The molecule has 0 spiro atoms. The van der Waals surface area contributed by atoms with Gasteiger partial charge < -0.3 is 0 Å². The number of hydrogen-bond acceptors (Lipinski definition) is 2. The summed E-state index contributed by atoms with van der Waals surface area (Å²) in [5.41, 5.74) is 15.3. The van der Waals surface area contributed by atoms with Gasteiger partial charge >= 0.3 is 0 Å². The summed E-state index contributed by atoms with van der Waals surface area (Å²) in [4.78, 5) is 10.1. The second kappa shape index (κ2) is 12.3. The molecule has 250 valence electrons. The van der Waals surface area contributed by atoms with E-state index in [0.717, 1.165) is 33.9 Å². The number of nitrogens with zero attached hydrogens (tertiary/aromatic N) is 2. The van der Waals surface area contributed by atoms with E-state index in [1.54, 1.807) is 0 Å². The van der Waals surface area contributed by atoms with Crippen LogP contribution in [0.2, 0.25) is 0 Å². The first-order chi connectivity index (χ1) is 26.0. The van der Waals surface area contributed by atoms with Gasteiger partial charge in [-0.05, 0) is 90.3 Å². The van der Waals surface area contributed by atoms with Crippen molar-refractivity contribution in [3.05, 3.63) is 193 Å². The predicted molar refractivity (Wildman–Crippen MR) is 222 cm³/mol. The van der Waals surface area contributed by atoms with Gasteiger partial charge in [-0.25, -0.2) is 9.97 Å². The molecule has 8 aromatic carbocycles. The molecular formula is C51H36N2. The lowest BCUT2D eigenvalue weighted by molar-refractivity contribution is 0.661. The molecule has 2 nitrogen and oxygen atoms in total. The fourth-order valence-corrected chi connectivity index (χ4v) is 8.29. The highest BCUT2D eigenvalue weighted by atomic mass is 14.9. The maximum Gasteiger partial charge on any atom is 0.160 e. The van der Waals surface area contributed by atoms with Gasteiger partial charge in [0.1, 0.15) is 0 Å². The first-order valence-electron chi connectivity index (χ1n) is 18.3. The summed E-state index contributed by atoms with van der Waals surface area (Å²) in [6.07, 6.45) is 0. The Kier molecular flexibility index (Phi) is 7.19. The SMILES string of the molecule is CC1(C)c2cc3ccccc3cc2-c2c(-c3ccc(-c4cccc5ccc(-c6cc(-c7ccccc7)nc(-c7ccccc7)n6)cc45)cc3)cccc21. The average Bonchev–Trinajstić information content (AvgIpc) is 3.45. The van der Waals surface area contributed by atoms with E-state index < -0.39 is 0 Å². The van der Waals surface area contributed by atoms with Gasteiger partial charge in [-0.3, -0.25) is 0 Å². The molecule has 0 saturated heterocycles. The fraction of sp³-hybridized carbons (Fsp3) is 0.0588. The van der Waals surface area contributed by atoms with Gasteiger partial charge in [0, 0.05) is 22.1 Å². The number of aromatic nitrogens is 2. The summed E-state index contributed by atoms with van der Waals surface area (Å²) < 4.78 is 0. The molecule has 1 aromatic heterocycles. The van der Waals surface area contributed by atoms with Crippen LogP contribution in [-0.2, 0) is 5.41 Å². The largest absolute Gasteiger partial charge is 0.228 e. The molecule has 0 bridgehead atoms. The summed E-state index contributed by atoms with van der Waals surface area (Å²) in [6, 6.07) is 65.5. The molecule has 0 N–H and O–H groups in total. The molecule has 10 rings (SSSR count). The van der Waals surface area contributed by atoms with E-state index in [4.69, 9.17) is 9.97 Å². The van der Waals surface area contributed by atoms with Crippen LogP contribution in [-0.4, -0.2) is 9.97 Å². The van der Waals surface area contributed by atoms with Crippen LogP contribution in [0.4, 0.5) is 0 Å². The van der Waals surface area contributed by atoms with E-state index >= 15 is 0 Å². The summed E-state index contributed by atoms with van der Waals surface area (Å²) in [6.45, 7) is 4.72. The monoisotopic (exact) mass is 676 g/mol. The van der Waals surface area contributed by atoms with Crippen LogP contribution in [0.25, 0.3) is 88.8 Å². The van der Waals surface area contributed by atoms with E-state index in [0.29, 0.717) is 0 Å². The van der Waals surface area contributed by atoms with Crippen molar-refractivity contribution in [2.75, 3.05) is 0 Å². The normalized spacial score (nSPS) is 12.9. The standard InChI is InChI=1S/C51H36N2/c1-51(2)45-22-12-21-42(49(45)44-29-38-17-9-10-18-39(38)31-46(44)51)35-25-23-34(24-26-35)41-20-11-19-33-27-28-40(30-43(33)41)48-32-47(36-13-5-3-6-14-36)52-50(53-48)37-15-7-4-8-16-37/h3-32H,1-2H3. The van der Waals surface area contributed by atoms with E-state index in [-0.39, 0.29) is 5.41 Å². The van der Waals surface area contributed by atoms with Gasteiger partial charge in [-0.1, -0.05) is 172 Å². The maximum atomic E-state index is 5.11. The minimum Gasteiger partial charge on any atom is -0.228 e. The lowest BCUT2D eigenvalue weighted by Gasteiger charge is -2.22. The van der Waals surface area contributed by atoms with Crippen LogP contribution < -0.4 is 0 Å². The van der Waals surface area contributed by atoms with Crippen molar-refractivity contribution in [3.63, 3.8) is 0 Å². The lowest BCUT2D eigenvalue weighted by atomic mass is 9.81. The quantitative estimate of drug-likeness (QED) is 0.181. The Balaban J connectivity index is 1.06. The Bertz CT molecular complexity index is 2780. The molecule has 0 aliphatic heterocycles. The van der Waals surface area contributed by atoms with E-state index in [1.807, 2.05) is 24.3 Å². The third-order valence-electron chi connectivity index (χ3n) is 11.1. The van der Waals surface area contributed by atoms with Crippen LogP contribution in [0.5, 0.6) is 0 Å². The molecule has 0 fully saturated rings. The van der Waals surface area contributed by atoms with Gasteiger partial charge in [0.2, 0.25) is 0 Å². The van der Waals surface area contributed by atoms with Crippen LogP contribution in [0.3, 0.4) is 0 Å². The smallest absolute Gasteiger partial charge is 0.160 e. The third kappa shape index (κ3) is 5.26. The lowest BCUT2D eigenvalue weighted by Crippen LogP contribution is -2.14. The number of rotatable bonds is 5. The van der Waals surface area contributed by atoms with Crippen molar-refractivity contribution in [1.82, 2.24) is 9.97 Å². The van der Waals surface area contributed by atoms with Crippen molar-refractivity contribution in [1.29, 1.82) is 0 Å². The highest BCUT2D eigenvalue weighted by Gasteiger charge is 2.37. The summed E-state index contributed by atoms with van der Waals surface area (Å²) in [5.74, 6) is 0.720. The molecule has 1 aliphatic rings. The van der Waals surface area contributed by atoms with Crippen molar-refractivity contribution < 1.29 is 0 Å². The second-order valence-electron chi connectivity index (χ2n) is 14.6. The summed E-state index contributed by atoms with van der Waals surface area (Å²) in [7, 11) is 0. The van der Waals surface area contributed by atoms with Crippen LogP contribution >= 0.6 is 0 Å².